The van der Waals surface area contributed by atoms with Crippen LogP contribution in [0.25, 0.3) is 86.3 Å². The van der Waals surface area contributed by atoms with E-state index in [0.29, 0.717) is 0 Å². The van der Waals surface area contributed by atoms with Crippen molar-refractivity contribution < 1.29 is 0 Å². The Hall–Kier alpha value is -7.20. The standard InChI is InChI=1S/C55H34N2S/c1-3-16-35(17-4-1)55(47-26-11-7-22-39(47)40-23-8-12-27-48(40)55)36-18-15-21-38(30-36)57-49-28-13-9-24-41(49)43-31-44-45-33-54-46(42-25-10-14-29-53(42)58-54)32-50(45)56(52(44)34-51(43)57)37-19-5-2-6-20-37/h1-34H. The first-order chi connectivity index (χ1) is 28.8. The number of aromatic nitrogens is 2. The monoisotopic (exact) mass is 754 g/mol. The molecule has 3 heterocycles. The van der Waals surface area contributed by atoms with Crippen LogP contribution in [0.3, 0.4) is 0 Å². The topological polar surface area (TPSA) is 9.86 Å². The van der Waals surface area contributed by atoms with Gasteiger partial charge in [-0.1, -0.05) is 146 Å². The van der Waals surface area contributed by atoms with Crippen LogP contribution >= 0.6 is 11.3 Å². The lowest BCUT2D eigenvalue weighted by molar-refractivity contribution is 0.767. The third-order valence-corrected chi connectivity index (χ3v) is 13.9. The Morgan fingerprint density at radius 3 is 1.64 bits per heavy atom. The van der Waals surface area contributed by atoms with Gasteiger partial charge in [0.05, 0.1) is 27.5 Å². The van der Waals surface area contributed by atoms with Gasteiger partial charge in [0.1, 0.15) is 0 Å². The van der Waals surface area contributed by atoms with Crippen LogP contribution in [0.1, 0.15) is 22.3 Å². The molecule has 0 fully saturated rings. The number of nitrogens with zero attached hydrogens (tertiary/aromatic N) is 2. The average molecular weight is 755 g/mol. The summed E-state index contributed by atoms with van der Waals surface area (Å²) in [6.07, 6.45) is 0. The molecule has 0 aliphatic heterocycles. The van der Waals surface area contributed by atoms with Gasteiger partial charge in [0, 0.05) is 53.1 Å². The van der Waals surface area contributed by atoms with E-state index in [2.05, 4.69) is 215 Å². The van der Waals surface area contributed by atoms with Gasteiger partial charge in [-0.15, -0.1) is 11.3 Å². The first-order valence-corrected chi connectivity index (χ1v) is 20.8. The Labute approximate surface area is 339 Å². The van der Waals surface area contributed by atoms with E-state index in [1.807, 2.05) is 11.3 Å². The summed E-state index contributed by atoms with van der Waals surface area (Å²) in [6, 6.07) is 76.8. The summed E-state index contributed by atoms with van der Waals surface area (Å²) >= 11 is 1.89. The van der Waals surface area contributed by atoms with Gasteiger partial charge in [-0.05, 0) is 94.0 Å². The van der Waals surface area contributed by atoms with E-state index in [4.69, 9.17) is 0 Å². The van der Waals surface area contributed by atoms with Gasteiger partial charge in [-0.2, -0.15) is 0 Å². The third kappa shape index (κ3) is 4.21. The lowest BCUT2D eigenvalue weighted by atomic mass is 9.67. The maximum atomic E-state index is 2.50. The van der Waals surface area contributed by atoms with E-state index < -0.39 is 5.41 Å². The molecule has 0 N–H and O–H groups in total. The number of benzene rings is 9. The van der Waals surface area contributed by atoms with Crippen LogP contribution < -0.4 is 0 Å². The Morgan fingerprint density at radius 1 is 0.310 bits per heavy atom. The van der Waals surface area contributed by atoms with Crippen molar-refractivity contribution in [2.75, 3.05) is 0 Å². The smallest absolute Gasteiger partial charge is 0.0714 e. The zero-order chi connectivity index (χ0) is 38.0. The molecule has 9 aromatic carbocycles. The predicted molar refractivity (Wildman–Crippen MR) is 245 cm³/mol. The van der Waals surface area contributed by atoms with E-state index in [1.54, 1.807) is 0 Å². The van der Waals surface area contributed by atoms with E-state index >= 15 is 0 Å². The molecule has 3 aromatic heterocycles. The molecule has 0 unspecified atom stereocenters. The summed E-state index contributed by atoms with van der Waals surface area (Å²) in [5, 5.41) is 7.69. The van der Waals surface area contributed by atoms with Gasteiger partial charge in [0.25, 0.3) is 0 Å². The van der Waals surface area contributed by atoms with Crippen LogP contribution in [0.4, 0.5) is 0 Å². The molecule has 2 nitrogen and oxygen atoms in total. The molecule has 0 saturated carbocycles. The number of hydrogen-bond donors (Lipinski definition) is 0. The van der Waals surface area contributed by atoms with Gasteiger partial charge in [0.2, 0.25) is 0 Å². The maximum Gasteiger partial charge on any atom is 0.0714 e. The largest absolute Gasteiger partial charge is 0.309 e. The van der Waals surface area contributed by atoms with Crippen LogP contribution in [-0.4, -0.2) is 9.13 Å². The molecule has 3 heteroatoms. The fraction of sp³-hybridized carbons (Fsp3) is 0.0182. The van der Waals surface area contributed by atoms with Crippen molar-refractivity contribution in [2.24, 2.45) is 0 Å². The van der Waals surface area contributed by atoms with Crippen LogP contribution in [0.5, 0.6) is 0 Å². The SMILES string of the molecule is c1ccc(-n2c3cc4c(cc3c3cc5c6ccccc6n(-c6cccc(C7(c8ccccc8)c8ccccc8-c8ccccc87)c6)c5cc32)sc2ccccc24)cc1. The Bertz CT molecular complexity index is 3580. The normalized spacial score (nSPS) is 13.3. The van der Waals surface area contributed by atoms with E-state index in [1.165, 1.54) is 97.2 Å². The molecule has 0 bridgehead atoms. The summed E-state index contributed by atoms with van der Waals surface area (Å²) < 4.78 is 7.62. The second kappa shape index (κ2) is 11.9. The van der Waals surface area contributed by atoms with Crippen LogP contribution in [0.15, 0.2) is 206 Å². The molecule has 270 valence electrons. The van der Waals surface area contributed by atoms with Crippen molar-refractivity contribution >= 4 is 75.1 Å². The summed E-state index contributed by atoms with van der Waals surface area (Å²) in [7, 11) is 0. The lowest BCUT2D eigenvalue weighted by Crippen LogP contribution is -2.28. The van der Waals surface area contributed by atoms with Gasteiger partial charge in [-0.25, -0.2) is 0 Å². The molecule has 0 atom stereocenters. The van der Waals surface area contributed by atoms with E-state index in [0.717, 1.165) is 11.4 Å². The Morgan fingerprint density at radius 2 is 0.862 bits per heavy atom. The molecular weight excluding hydrogens is 721 g/mol. The summed E-state index contributed by atoms with van der Waals surface area (Å²) in [5.74, 6) is 0. The number of fused-ring (bicyclic) bond motifs is 12. The number of rotatable bonds is 4. The molecular formula is C55H34N2S. The van der Waals surface area contributed by atoms with Crippen molar-refractivity contribution in [3.63, 3.8) is 0 Å². The van der Waals surface area contributed by atoms with Crippen molar-refractivity contribution in [1.29, 1.82) is 0 Å². The molecule has 12 aromatic rings. The second-order valence-electron chi connectivity index (χ2n) is 15.6. The number of thiophene rings is 1. The zero-order valence-electron chi connectivity index (χ0n) is 31.4. The Balaban J connectivity index is 1.13. The number of para-hydroxylation sites is 2. The Kier molecular flexibility index (Phi) is 6.56. The van der Waals surface area contributed by atoms with Crippen LogP contribution in [0, 0.1) is 0 Å². The van der Waals surface area contributed by atoms with Crippen molar-refractivity contribution in [2.45, 2.75) is 5.41 Å². The molecule has 0 saturated heterocycles. The van der Waals surface area contributed by atoms with E-state index in [-0.39, 0.29) is 0 Å². The van der Waals surface area contributed by atoms with Crippen molar-refractivity contribution in [1.82, 2.24) is 9.13 Å². The quantitative estimate of drug-likeness (QED) is 0.169. The highest BCUT2D eigenvalue weighted by Crippen LogP contribution is 2.56. The molecule has 13 rings (SSSR count). The molecule has 58 heavy (non-hydrogen) atoms. The summed E-state index contributed by atoms with van der Waals surface area (Å²) in [5.41, 5.74) is 14.4. The third-order valence-electron chi connectivity index (χ3n) is 12.8. The summed E-state index contributed by atoms with van der Waals surface area (Å²) in [4.78, 5) is 0. The zero-order valence-corrected chi connectivity index (χ0v) is 32.2. The predicted octanol–water partition coefficient (Wildman–Crippen LogP) is 14.6. The summed E-state index contributed by atoms with van der Waals surface area (Å²) in [6.45, 7) is 0. The molecule has 1 aliphatic rings. The van der Waals surface area contributed by atoms with Gasteiger partial charge in [0.15, 0.2) is 0 Å². The highest BCUT2D eigenvalue weighted by Gasteiger charge is 2.46. The first-order valence-electron chi connectivity index (χ1n) is 20.0. The van der Waals surface area contributed by atoms with Crippen molar-refractivity contribution in [3.05, 3.63) is 229 Å². The highest BCUT2D eigenvalue weighted by molar-refractivity contribution is 7.25. The minimum Gasteiger partial charge on any atom is -0.309 e. The van der Waals surface area contributed by atoms with Crippen molar-refractivity contribution in [3.8, 4) is 22.5 Å². The fourth-order valence-electron chi connectivity index (χ4n) is 10.4. The molecule has 0 amide bonds. The van der Waals surface area contributed by atoms with Crippen LogP contribution in [-0.2, 0) is 5.41 Å². The van der Waals surface area contributed by atoms with Gasteiger partial charge in [-0.3, -0.25) is 0 Å². The fourth-order valence-corrected chi connectivity index (χ4v) is 11.5. The molecule has 1 aliphatic carbocycles. The van der Waals surface area contributed by atoms with Gasteiger partial charge < -0.3 is 9.13 Å². The van der Waals surface area contributed by atoms with E-state index in [9.17, 15) is 0 Å². The number of hydrogen-bond acceptors (Lipinski definition) is 1. The second-order valence-corrected chi connectivity index (χ2v) is 16.7. The molecule has 0 radical (unpaired) electrons. The van der Waals surface area contributed by atoms with Crippen LogP contribution in [0.2, 0.25) is 0 Å². The highest BCUT2D eigenvalue weighted by atomic mass is 32.1. The lowest BCUT2D eigenvalue weighted by Gasteiger charge is -2.34. The average Bonchev–Trinajstić information content (AvgIpc) is 4.00. The minimum absolute atomic E-state index is 0.479. The minimum atomic E-state index is -0.479. The first kappa shape index (κ1) is 31.9. The maximum absolute atomic E-state index is 2.50. The van der Waals surface area contributed by atoms with Gasteiger partial charge >= 0.3 is 0 Å². The molecule has 0 spiro atoms.